The summed E-state index contributed by atoms with van der Waals surface area (Å²) in [6.07, 6.45) is 44.8. The van der Waals surface area contributed by atoms with Gasteiger partial charge in [-0.3, -0.25) is 14.4 Å². The molecule has 6 nitrogen and oxygen atoms in total. The maximum Gasteiger partial charge on any atom is 0.306 e. The Kier molecular flexibility index (Phi) is 40.0. The Hall–Kier alpha value is -2.11. The van der Waals surface area contributed by atoms with Gasteiger partial charge in [0.2, 0.25) is 0 Å². The minimum Gasteiger partial charge on any atom is -0.462 e. The Labute approximate surface area is 322 Å². The van der Waals surface area contributed by atoms with Crippen molar-refractivity contribution in [3.63, 3.8) is 0 Å². The lowest BCUT2D eigenvalue weighted by atomic mass is 10.1. The number of ether oxygens (including phenoxy) is 3. The summed E-state index contributed by atoms with van der Waals surface area (Å²) in [7, 11) is 0. The van der Waals surface area contributed by atoms with E-state index in [0.717, 1.165) is 83.5 Å². The topological polar surface area (TPSA) is 78.9 Å². The summed E-state index contributed by atoms with van der Waals surface area (Å²) in [4.78, 5) is 37.4. The van der Waals surface area contributed by atoms with Gasteiger partial charge in [0.15, 0.2) is 6.10 Å². The van der Waals surface area contributed by atoms with Gasteiger partial charge in [0.05, 0.1) is 0 Å². The first-order valence-electron chi connectivity index (χ1n) is 22.3. The molecule has 52 heavy (non-hydrogen) atoms. The highest BCUT2D eigenvalue weighted by atomic mass is 16.6. The summed E-state index contributed by atoms with van der Waals surface area (Å²) in [5.74, 6) is -0.900. The monoisotopic (exact) mass is 733 g/mol. The molecule has 0 aromatic heterocycles. The van der Waals surface area contributed by atoms with Gasteiger partial charge in [0.1, 0.15) is 13.2 Å². The lowest BCUT2D eigenvalue weighted by Gasteiger charge is -2.18. The first-order valence-corrected chi connectivity index (χ1v) is 22.3. The fourth-order valence-electron chi connectivity index (χ4n) is 6.26. The molecule has 0 fully saturated rings. The van der Waals surface area contributed by atoms with Crippen molar-refractivity contribution < 1.29 is 28.6 Å². The highest BCUT2D eigenvalue weighted by Gasteiger charge is 2.19. The van der Waals surface area contributed by atoms with E-state index in [2.05, 4.69) is 45.1 Å². The summed E-state index contributed by atoms with van der Waals surface area (Å²) in [6.45, 7) is 6.48. The molecule has 0 amide bonds. The molecule has 1 unspecified atom stereocenters. The second-order valence-corrected chi connectivity index (χ2v) is 15.0. The van der Waals surface area contributed by atoms with Crippen molar-refractivity contribution in [3.8, 4) is 0 Å². The van der Waals surface area contributed by atoms with Crippen molar-refractivity contribution >= 4 is 17.9 Å². The Bertz CT molecular complexity index is 850. The smallest absolute Gasteiger partial charge is 0.306 e. The average molecular weight is 733 g/mol. The van der Waals surface area contributed by atoms with Crippen molar-refractivity contribution in [2.24, 2.45) is 0 Å². The Morgan fingerprint density at radius 3 is 1.04 bits per heavy atom. The third kappa shape index (κ3) is 39.1. The van der Waals surface area contributed by atoms with E-state index in [9.17, 15) is 14.4 Å². The summed E-state index contributed by atoms with van der Waals surface area (Å²) in [5.41, 5.74) is 0. The maximum absolute atomic E-state index is 12.6. The van der Waals surface area contributed by atoms with Crippen LogP contribution in [0, 0.1) is 0 Å². The quantitative estimate of drug-likeness (QED) is 0.0270. The van der Waals surface area contributed by atoms with Crippen molar-refractivity contribution in [2.75, 3.05) is 13.2 Å². The second kappa shape index (κ2) is 41.6. The highest BCUT2D eigenvalue weighted by molar-refractivity contribution is 5.71. The summed E-state index contributed by atoms with van der Waals surface area (Å²) in [5, 5.41) is 0. The van der Waals surface area contributed by atoms with E-state index in [1.54, 1.807) is 0 Å². The van der Waals surface area contributed by atoms with Crippen LogP contribution in [0.25, 0.3) is 0 Å². The van der Waals surface area contributed by atoms with Crippen molar-refractivity contribution in [2.45, 2.75) is 239 Å². The summed E-state index contributed by atoms with van der Waals surface area (Å²) >= 11 is 0. The van der Waals surface area contributed by atoms with Gasteiger partial charge in [-0.2, -0.15) is 0 Å². The maximum atomic E-state index is 12.6. The molecule has 304 valence electrons. The third-order valence-corrected chi connectivity index (χ3v) is 9.66. The van der Waals surface area contributed by atoms with E-state index < -0.39 is 6.10 Å². The molecule has 1 atom stereocenters. The van der Waals surface area contributed by atoms with Crippen LogP contribution in [-0.2, 0) is 28.6 Å². The number of hydrogen-bond acceptors (Lipinski definition) is 6. The molecule has 0 aromatic carbocycles. The molecule has 6 heteroatoms. The molecule has 0 heterocycles. The second-order valence-electron chi connectivity index (χ2n) is 15.0. The van der Waals surface area contributed by atoms with Crippen LogP contribution < -0.4 is 0 Å². The predicted molar refractivity (Wildman–Crippen MR) is 219 cm³/mol. The average Bonchev–Trinajstić information content (AvgIpc) is 3.14. The van der Waals surface area contributed by atoms with E-state index in [4.69, 9.17) is 14.2 Å². The van der Waals surface area contributed by atoms with E-state index in [1.807, 2.05) is 0 Å². The number of hydrogen-bond donors (Lipinski definition) is 0. The lowest BCUT2D eigenvalue weighted by Crippen LogP contribution is -2.30. The number of unbranched alkanes of at least 4 members (excludes halogenated alkanes) is 25. The van der Waals surface area contributed by atoms with Gasteiger partial charge >= 0.3 is 17.9 Å². The van der Waals surface area contributed by atoms with Crippen molar-refractivity contribution in [3.05, 3.63) is 24.3 Å². The molecule has 0 aliphatic carbocycles. The molecule has 0 bridgehead atoms. The number of carbonyl (C=O) groups excluding carboxylic acids is 3. The van der Waals surface area contributed by atoms with Crippen molar-refractivity contribution in [1.29, 1.82) is 0 Å². The minimum atomic E-state index is -0.767. The van der Waals surface area contributed by atoms with E-state index >= 15 is 0 Å². The highest BCUT2D eigenvalue weighted by Crippen LogP contribution is 2.14. The zero-order chi connectivity index (χ0) is 38.0. The van der Waals surface area contributed by atoms with Gasteiger partial charge in [-0.1, -0.05) is 173 Å². The van der Waals surface area contributed by atoms with Crippen molar-refractivity contribution in [1.82, 2.24) is 0 Å². The number of allylic oxidation sites excluding steroid dienone is 4. The molecule has 0 radical (unpaired) electrons. The SMILES string of the molecule is CCC/C=C\CCCCCCCC(=O)OC(COC(=O)CCCCCCC)COC(=O)CCCCCCCCCCC/C=C\CCCCCCCC. The van der Waals surface area contributed by atoms with Gasteiger partial charge in [-0.25, -0.2) is 0 Å². The first-order chi connectivity index (χ1) is 25.5. The van der Waals surface area contributed by atoms with Crippen LogP contribution in [0.1, 0.15) is 233 Å². The molecule has 0 aliphatic heterocycles. The van der Waals surface area contributed by atoms with E-state index in [-0.39, 0.29) is 31.1 Å². The summed E-state index contributed by atoms with van der Waals surface area (Å²) in [6, 6.07) is 0. The van der Waals surface area contributed by atoms with Crippen LogP contribution in [0.2, 0.25) is 0 Å². The predicted octanol–water partition coefficient (Wildman–Crippen LogP) is 14.0. The molecular formula is C46H84O6. The molecular weight excluding hydrogens is 649 g/mol. The minimum absolute atomic E-state index is 0.0746. The molecule has 0 spiro atoms. The Morgan fingerprint density at radius 1 is 0.365 bits per heavy atom. The standard InChI is InChI=1S/C46H84O6/c1-4-7-10-13-15-17-19-20-21-22-23-24-25-26-27-29-30-33-36-39-45(48)51-42-43(41-50-44(47)38-35-32-12-9-6-3)52-46(49)40-37-34-31-28-18-16-14-11-8-5-2/h11,14,20-21,43H,4-10,12-13,15-19,22-42H2,1-3H3/b14-11-,21-20-. The molecule has 0 saturated heterocycles. The largest absolute Gasteiger partial charge is 0.462 e. The summed E-state index contributed by atoms with van der Waals surface area (Å²) < 4.78 is 16.6. The molecule has 0 rings (SSSR count). The Morgan fingerprint density at radius 2 is 0.673 bits per heavy atom. The van der Waals surface area contributed by atoms with Gasteiger partial charge in [-0.05, 0) is 64.2 Å². The number of esters is 3. The zero-order valence-corrected chi connectivity index (χ0v) is 34.6. The van der Waals surface area contributed by atoms with Crippen LogP contribution in [0.3, 0.4) is 0 Å². The van der Waals surface area contributed by atoms with E-state index in [1.165, 1.54) is 109 Å². The molecule has 0 N–H and O–H groups in total. The lowest BCUT2D eigenvalue weighted by molar-refractivity contribution is -0.167. The third-order valence-electron chi connectivity index (χ3n) is 9.66. The number of rotatable bonds is 40. The van der Waals surface area contributed by atoms with E-state index in [0.29, 0.717) is 19.3 Å². The molecule has 0 saturated carbocycles. The van der Waals surface area contributed by atoms with Crippen LogP contribution >= 0.6 is 0 Å². The van der Waals surface area contributed by atoms with Crippen LogP contribution in [0.5, 0.6) is 0 Å². The van der Waals surface area contributed by atoms with Gasteiger partial charge in [0, 0.05) is 19.3 Å². The normalized spacial score (nSPS) is 12.1. The molecule has 0 aromatic rings. The Balaban J connectivity index is 4.13. The van der Waals surface area contributed by atoms with Crippen LogP contribution in [0.4, 0.5) is 0 Å². The fraction of sp³-hybridized carbons (Fsp3) is 0.848. The zero-order valence-electron chi connectivity index (χ0n) is 34.6. The first kappa shape index (κ1) is 49.9. The molecule has 0 aliphatic rings. The van der Waals surface area contributed by atoms with Crippen LogP contribution in [0.15, 0.2) is 24.3 Å². The number of carbonyl (C=O) groups is 3. The van der Waals surface area contributed by atoms with Gasteiger partial charge < -0.3 is 14.2 Å². The van der Waals surface area contributed by atoms with Crippen LogP contribution in [-0.4, -0.2) is 37.2 Å². The van der Waals surface area contributed by atoms with Gasteiger partial charge in [-0.15, -0.1) is 0 Å². The van der Waals surface area contributed by atoms with Gasteiger partial charge in [0.25, 0.3) is 0 Å². The fourth-order valence-corrected chi connectivity index (χ4v) is 6.26.